The molecule has 0 amide bonds. The number of allylic oxidation sites excluding steroid dienone is 4. The van der Waals surface area contributed by atoms with Gasteiger partial charge in [-0.2, -0.15) is 11.6 Å². The Kier molecular flexibility index (Phi) is 14.3. The van der Waals surface area contributed by atoms with Crippen molar-refractivity contribution < 1.29 is 49.0 Å². The van der Waals surface area contributed by atoms with Crippen LogP contribution in [0.5, 0.6) is 0 Å². The predicted octanol–water partition coefficient (Wildman–Crippen LogP) is 4.67. The van der Waals surface area contributed by atoms with E-state index in [1.807, 2.05) is 6.07 Å². The van der Waals surface area contributed by atoms with E-state index < -0.39 is 0 Å². The first-order valence-electron chi connectivity index (χ1n) is 14.2. The molecule has 5 rings (SSSR count). The van der Waals surface area contributed by atoms with Crippen LogP contribution in [-0.4, -0.2) is 3.71 Å². The molecule has 0 saturated carbocycles. The zero-order valence-corrected chi connectivity index (χ0v) is 30.5. The van der Waals surface area contributed by atoms with Crippen LogP contribution in [0.4, 0.5) is 0 Å². The van der Waals surface area contributed by atoms with Crippen LogP contribution in [0.15, 0.2) is 90.0 Å². The van der Waals surface area contributed by atoms with Gasteiger partial charge in [0.25, 0.3) is 0 Å². The Morgan fingerprint density at radius 1 is 0.780 bits per heavy atom. The van der Waals surface area contributed by atoms with Crippen molar-refractivity contribution in [2.45, 2.75) is 80.1 Å². The van der Waals surface area contributed by atoms with Crippen LogP contribution in [0.3, 0.4) is 0 Å². The number of halogens is 2. The average Bonchev–Trinajstić information content (AvgIpc) is 3.42. The Morgan fingerprint density at radius 2 is 1.24 bits per heavy atom. The Bertz CT molecular complexity index is 1400. The van der Waals surface area contributed by atoms with E-state index in [1.165, 1.54) is 73.6 Å². The molecule has 0 aromatic heterocycles. The van der Waals surface area contributed by atoms with Gasteiger partial charge in [0.1, 0.15) is 0 Å². The van der Waals surface area contributed by atoms with Gasteiger partial charge in [0.2, 0.25) is 0 Å². The quantitative estimate of drug-likeness (QED) is 0.274. The number of hydrogen-bond acceptors (Lipinski definition) is 0. The molecule has 0 aliphatic heterocycles. The van der Waals surface area contributed by atoms with Crippen molar-refractivity contribution in [2.24, 2.45) is 11.8 Å². The van der Waals surface area contributed by atoms with Crippen molar-refractivity contribution in [2.75, 3.05) is 0 Å². The van der Waals surface area contributed by atoms with Crippen LogP contribution in [0, 0.1) is 17.9 Å². The van der Waals surface area contributed by atoms with Crippen molar-refractivity contribution in [3.8, 4) is 0 Å². The van der Waals surface area contributed by atoms with Gasteiger partial charge in [0.05, 0.1) is 0 Å². The second kappa shape index (κ2) is 15.7. The van der Waals surface area contributed by atoms with E-state index in [2.05, 4.69) is 152 Å². The molecular weight excluding hydrogens is 619 g/mol. The molecule has 1 aliphatic rings. The Balaban J connectivity index is 0.000000352. The van der Waals surface area contributed by atoms with Gasteiger partial charge in [0, 0.05) is 0 Å². The molecule has 3 heteroatoms. The van der Waals surface area contributed by atoms with Gasteiger partial charge in [-0.15, -0.1) is 39.7 Å². The summed E-state index contributed by atoms with van der Waals surface area (Å²) >= 11 is 1.46. The van der Waals surface area contributed by atoms with E-state index in [9.17, 15) is 0 Å². The summed E-state index contributed by atoms with van der Waals surface area (Å²) in [5.74, 6) is 1.20. The van der Waals surface area contributed by atoms with E-state index in [0.717, 1.165) is 0 Å². The fourth-order valence-electron chi connectivity index (χ4n) is 4.97. The second-order valence-electron chi connectivity index (χ2n) is 13.1. The van der Waals surface area contributed by atoms with E-state index in [4.69, 9.17) is 0 Å². The Morgan fingerprint density at radius 3 is 1.54 bits per heavy atom. The maximum absolute atomic E-state index is 3.37. The molecular formula is C38H46Cl2Zr-2. The van der Waals surface area contributed by atoms with Gasteiger partial charge in [0.15, 0.2) is 0 Å². The zero-order valence-electron chi connectivity index (χ0n) is 26.5. The van der Waals surface area contributed by atoms with E-state index >= 15 is 0 Å². The van der Waals surface area contributed by atoms with Crippen molar-refractivity contribution in [1.82, 2.24) is 0 Å². The molecule has 41 heavy (non-hydrogen) atoms. The van der Waals surface area contributed by atoms with E-state index in [1.54, 1.807) is 0 Å². The molecule has 4 aromatic carbocycles. The first kappa shape index (κ1) is 37.4. The van der Waals surface area contributed by atoms with Crippen molar-refractivity contribution >= 4 is 25.3 Å². The molecule has 0 radical (unpaired) electrons. The summed E-state index contributed by atoms with van der Waals surface area (Å²) in [6, 6.07) is 26.5. The summed E-state index contributed by atoms with van der Waals surface area (Å²) < 4.78 is 2.17. The van der Waals surface area contributed by atoms with Crippen LogP contribution >= 0.6 is 0 Å². The van der Waals surface area contributed by atoms with Crippen molar-refractivity contribution in [1.29, 1.82) is 0 Å². The molecule has 1 atom stereocenters. The summed E-state index contributed by atoms with van der Waals surface area (Å²) in [5.41, 5.74) is 7.35. The average molecular weight is 665 g/mol. The molecule has 1 unspecified atom stereocenters. The molecule has 0 nitrogen and oxygen atoms in total. The third-order valence-corrected chi connectivity index (χ3v) is 8.15. The SMILES string of the molecule is CC(C)(C)c1ccc2[cH-]c3ccc(C(C)(C)C)cc3c2c1.CC1=[C-]C(C)C=C1C(C)C.[Cl-].[Cl-].[Zr+2]=[CH]c1ccccc1. The number of rotatable bonds is 2. The molecule has 0 spiro atoms. The van der Waals surface area contributed by atoms with Crippen molar-refractivity contribution in [3.63, 3.8) is 0 Å². The van der Waals surface area contributed by atoms with Crippen LogP contribution in [0.2, 0.25) is 0 Å². The summed E-state index contributed by atoms with van der Waals surface area (Å²) in [5, 5.41) is 5.49. The molecule has 0 heterocycles. The fourth-order valence-corrected chi connectivity index (χ4v) is 5.44. The molecule has 4 aromatic rings. The van der Waals surface area contributed by atoms with E-state index in [-0.39, 0.29) is 35.6 Å². The van der Waals surface area contributed by atoms with Gasteiger partial charge < -0.3 is 24.8 Å². The molecule has 0 bridgehead atoms. The standard InChI is InChI=1S/C21H25.C10H15.C7H6.2ClH.Zr/c1-20(2,3)16-9-7-14-11-15-8-10-17(21(4,5)6)13-19(15)18(14)12-16;1-7(2)10-6-8(3)5-9(10)4;1-7-5-3-2-4-6-7;;;/h7-13H,1-6H3;6-8H,1-4H3;1-6H;2*1H;/q2*-1;;;;+2/p-2. The van der Waals surface area contributed by atoms with Crippen LogP contribution in [0.1, 0.15) is 85.9 Å². The summed E-state index contributed by atoms with van der Waals surface area (Å²) in [4.78, 5) is 0. The fraction of sp³-hybridized carbons (Fsp3) is 0.368. The van der Waals surface area contributed by atoms with Crippen LogP contribution in [-0.2, 0) is 35.1 Å². The van der Waals surface area contributed by atoms with E-state index in [0.29, 0.717) is 11.8 Å². The monoisotopic (exact) mass is 662 g/mol. The molecule has 218 valence electrons. The maximum atomic E-state index is 3.37. The van der Waals surface area contributed by atoms with Gasteiger partial charge in [-0.05, 0) is 10.8 Å². The Labute approximate surface area is 277 Å². The molecule has 0 fully saturated rings. The summed E-state index contributed by atoms with van der Waals surface area (Å²) in [7, 11) is 0. The molecule has 1 aliphatic carbocycles. The molecule has 0 N–H and O–H groups in total. The first-order chi connectivity index (χ1) is 18.2. The Hall–Kier alpha value is -1.66. The second-order valence-corrected chi connectivity index (χ2v) is 13.8. The zero-order chi connectivity index (χ0) is 29.0. The van der Waals surface area contributed by atoms with Gasteiger partial charge in [-0.3, -0.25) is 6.08 Å². The normalized spacial score (nSPS) is 14.6. The topological polar surface area (TPSA) is 0 Å². The molecule has 0 saturated heterocycles. The van der Waals surface area contributed by atoms with Gasteiger partial charge >= 0.3 is 63.8 Å². The predicted molar refractivity (Wildman–Crippen MR) is 171 cm³/mol. The van der Waals surface area contributed by atoms with Crippen molar-refractivity contribution in [3.05, 3.63) is 113 Å². The van der Waals surface area contributed by atoms with Crippen LogP contribution < -0.4 is 24.8 Å². The number of fused-ring (bicyclic) bond motifs is 3. The van der Waals surface area contributed by atoms with Gasteiger partial charge in [-0.25, -0.2) is 5.57 Å². The number of benzene rings is 3. The minimum atomic E-state index is 0. The number of hydrogen-bond donors (Lipinski definition) is 0. The van der Waals surface area contributed by atoms with Crippen LogP contribution in [0.25, 0.3) is 21.5 Å². The summed E-state index contributed by atoms with van der Waals surface area (Å²) in [6.07, 6.45) is 5.68. The summed E-state index contributed by atoms with van der Waals surface area (Å²) in [6.45, 7) is 22.5. The third-order valence-electron chi connectivity index (χ3n) is 7.33. The minimum absolute atomic E-state index is 0. The third kappa shape index (κ3) is 10.2. The first-order valence-corrected chi connectivity index (χ1v) is 15.6. The van der Waals surface area contributed by atoms with Gasteiger partial charge in [-0.1, -0.05) is 116 Å².